The lowest BCUT2D eigenvalue weighted by atomic mass is 9.71. The molecule has 22 heavy (non-hydrogen) atoms. The number of fused-ring (bicyclic) bond motifs is 3. The monoisotopic (exact) mass is 289 g/mol. The van der Waals surface area contributed by atoms with E-state index in [1.165, 1.54) is 5.56 Å². The van der Waals surface area contributed by atoms with E-state index < -0.39 is 5.60 Å². The minimum Gasteiger partial charge on any atom is -0.476 e. The zero-order valence-corrected chi connectivity index (χ0v) is 12.6. The Hall–Kier alpha value is -2.61. The molecule has 1 aliphatic carbocycles. The van der Waals surface area contributed by atoms with Crippen molar-refractivity contribution in [2.24, 2.45) is 0 Å². The molecule has 2 aromatic carbocycles. The van der Waals surface area contributed by atoms with Crippen LogP contribution in [-0.4, -0.2) is 16.2 Å². The minimum atomic E-state index is -0.571. The van der Waals surface area contributed by atoms with E-state index in [0.717, 1.165) is 28.0 Å². The molecule has 108 valence electrons. The predicted octanol–water partition coefficient (Wildman–Crippen LogP) is 4.31. The van der Waals surface area contributed by atoms with Gasteiger partial charge in [-0.15, -0.1) is 0 Å². The molecule has 0 bridgehead atoms. The lowest BCUT2D eigenvalue weighted by molar-refractivity contribution is 0.122. The van der Waals surface area contributed by atoms with Gasteiger partial charge in [0, 0.05) is 5.56 Å². The molecule has 2 aromatic rings. The second-order valence-electron chi connectivity index (χ2n) is 5.94. The van der Waals surface area contributed by atoms with Crippen LogP contribution in [0.1, 0.15) is 30.5 Å². The number of carbonyl (C=O) groups excluding carboxylic acids is 1. The summed E-state index contributed by atoms with van der Waals surface area (Å²) in [5, 5.41) is 0. The van der Waals surface area contributed by atoms with Crippen molar-refractivity contribution >= 4 is 23.2 Å². The predicted molar refractivity (Wildman–Crippen MR) is 89.8 cm³/mol. The van der Waals surface area contributed by atoms with Crippen LogP contribution in [0.25, 0.3) is 17.4 Å². The first-order chi connectivity index (χ1) is 10.6. The van der Waals surface area contributed by atoms with E-state index in [2.05, 4.69) is 24.3 Å². The number of ketones is 1. The maximum Gasteiger partial charge on any atom is 0.320 e. The molecule has 0 spiro atoms. The summed E-state index contributed by atoms with van der Waals surface area (Å²) in [6.07, 6.45) is 2.02. The smallest absolute Gasteiger partial charge is 0.320 e. The molecular weight excluding hydrogens is 272 g/mol. The molecule has 1 atom stereocenters. The summed E-state index contributed by atoms with van der Waals surface area (Å²) in [5.74, 6) is 1.21. The van der Waals surface area contributed by atoms with Crippen LogP contribution in [0.5, 0.6) is 0 Å². The van der Waals surface area contributed by atoms with Crippen molar-refractivity contribution < 1.29 is 9.53 Å². The fourth-order valence-electron chi connectivity index (χ4n) is 3.43. The van der Waals surface area contributed by atoms with Crippen LogP contribution in [0.2, 0.25) is 0 Å². The van der Waals surface area contributed by atoms with E-state index in [0.29, 0.717) is 5.78 Å². The molecule has 1 aliphatic heterocycles. The number of hydrogen-bond donors (Lipinski definition) is 0. The van der Waals surface area contributed by atoms with Gasteiger partial charge >= 0.3 is 5.78 Å². The third-order valence-corrected chi connectivity index (χ3v) is 4.48. The van der Waals surface area contributed by atoms with Gasteiger partial charge in [0.05, 0.1) is 18.1 Å². The van der Waals surface area contributed by atoms with Crippen molar-refractivity contribution in [3.63, 3.8) is 0 Å². The highest BCUT2D eigenvalue weighted by Crippen LogP contribution is 2.55. The zero-order chi connectivity index (χ0) is 15.3. The fourth-order valence-corrected chi connectivity index (χ4v) is 3.43. The molecule has 0 fully saturated rings. The summed E-state index contributed by atoms with van der Waals surface area (Å²) in [6.45, 7) is 3.74. The molecule has 0 aromatic heterocycles. The summed E-state index contributed by atoms with van der Waals surface area (Å²) in [4.78, 5) is 10.1. The van der Waals surface area contributed by atoms with Crippen LogP contribution in [0.4, 0.5) is 0 Å². The highest BCUT2D eigenvalue weighted by molar-refractivity contribution is 6.13. The second-order valence-corrected chi connectivity index (χ2v) is 5.94. The van der Waals surface area contributed by atoms with Gasteiger partial charge in [0.15, 0.2) is 5.60 Å². The van der Waals surface area contributed by atoms with Crippen LogP contribution in [0.15, 0.2) is 60.2 Å². The van der Waals surface area contributed by atoms with Crippen molar-refractivity contribution in [1.82, 2.24) is 0 Å². The number of rotatable bonds is 2. The Balaban J connectivity index is 2.00. The first-order valence-electron chi connectivity index (χ1n) is 7.45. The standard InChI is InChI=1S/C20H16O2/c1-13(21)17-12-15-10-6-7-11-16(15)18-19(22-20(17,18)2)14-8-4-3-5-9-14/h3-12H,1-2H3/p+1. The first-order valence-corrected chi connectivity index (χ1v) is 7.45. The average Bonchev–Trinajstić information content (AvgIpc) is 2.51. The first kappa shape index (κ1) is 13.1. The summed E-state index contributed by atoms with van der Waals surface area (Å²) in [7, 11) is 0. The summed E-state index contributed by atoms with van der Waals surface area (Å²) in [6, 6.07) is 18.4. The van der Waals surface area contributed by atoms with Crippen molar-refractivity contribution in [3.05, 3.63) is 76.9 Å². The van der Waals surface area contributed by atoms with Gasteiger partial charge in [-0.1, -0.05) is 54.6 Å². The van der Waals surface area contributed by atoms with Crippen molar-refractivity contribution in [2.75, 3.05) is 0 Å². The van der Waals surface area contributed by atoms with Crippen molar-refractivity contribution in [3.8, 4) is 0 Å². The normalized spacial score (nSPS) is 22.0. The lowest BCUT2D eigenvalue weighted by Crippen LogP contribution is -2.44. The van der Waals surface area contributed by atoms with Crippen molar-refractivity contribution in [2.45, 2.75) is 19.4 Å². The second kappa shape index (κ2) is 4.44. The van der Waals surface area contributed by atoms with E-state index in [1.54, 1.807) is 6.92 Å². The van der Waals surface area contributed by atoms with Crippen LogP contribution in [0.3, 0.4) is 0 Å². The Morgan fingerprint density at radius 2 is 1.68 bits per heavy atom. The Bertz CT molecular complexity index is 843. The van der Waals surface area contributed by atoms with Gasteiger partial charge < -0.3 is 4.74 Å². The van der Waals surface area contributed by atoms with E-state index in [9.17, 15) is 4.79 Å². The Morgan fingerprint density at radius 3 is 2.41 bits per heavy atom. The third kappa shape index (κ3) is 1.64. The highest BCUT2D eigenvalue weighted by atomic mass is 16.5. The molecule has 2 nitrogen and oxygen atoms in total. The van der Waals surface area contributed by atoms with Crippen LogP contribution >= 0.6 is 0 Å². The number of benzene rings is 2. The van der Waals surface area contributed by atoms with E-state index in [4.69, 9.17) is 4.74 Å². The molecule has 2 aliphatic rings. The SMILES string of the molecule is CC(=[OH+])C1=Cc2ccccc2C2=C(c3ccccc3)OC12C. The molecule has 0 saturated heterocycles. The van der Waals surface area contributed by atoms with E-state index in [1.807, 2.05) is 43.3 Å². The molecule has 4 rings (SSSR count). The zero-order valence-electron chi connectivity index (χ0n) is 12.6. The Morgan fingerprint density at radius 1 is 1.00 bits per heavy atom. The largest absolute Gasteiger partial charge is 0.476 e. The summed E-state index contributed by atoms with van der Waals surface area (Å²) in [5.41, 5.74) is 4.79. The molecular formula is C20H17O2+. The maximum absolute atomic E-state index is 10.1. The quantitative estimate of drug-likeness (QED) is 0.758. The molecule has 1 N–H and O–H groups in total. The van der Waals surface area contributed by atoms with Gasteiger partial charge in [0.25, 0.3) is 0 Å². The Kier molecular flexibility index (Phi) is 2.64. The van der Waals surface area contributed by atoms with Crippen LogP contribution in [-0.2, 0) is 4.74 Å². The van der Waals surface area contributed by atoms with Crippen LogP contribution in [0, 0.1) is 0 Å². The average molecular weight is 289 g/mol. The molecule has 1 heterocycles. The third-order valence-electron chi connectivity index (χ3n) is 4.48. The molecule has 0 amide bonds. The molecule has 0 saturated carbocycles. The van der Waals surface area contributed by atoms with Gasteiger partial charge in [0.2, 0.25) is 0 Å². The van der Waals surface area contributed by atoms with Gasteiger partial charge in [-0.3, -0.25) is 4.79 Å². The van der Waals surface area contributed by atoms with E-state index >= 15 is 0 Å². The summed E-state index contributed by atoms with van der Waals surface area (Å²) < 4.78 is 6.18. The Labute approximate surface area is 129 Å². The molecule has 2 heteroatoms. The van der Waals surface area contributed by atoms with Gasteiger partial charge in [-0.2, -0.15) is 0 Å². The van der Waals surface area contributed by atoms with Gasteiger partial charge in [0.1, 0.15) is 5.76 Å². The molecule has 0 radical (unpaired) electrons. The maximum atomic E-state index is 10.1. The van der Waals surface area contributed by atoms with Gasteiger partial charge in [-0.25, -0.2) is 0 Å². The van der Waals surface area contributed by atoms with E-state index in [-0.39, 0.29) is 0 Å². The number of hydrogen-bond acceptors (Lipinski definition) is 1. The van der Waals surface area contributed by atoms with Crippen LogP contribution < -0.4 is 0 Å². The lowest BCUT2D eigenvalue weighted by Gasteiger charge is -2.46. The van der Waals surface area contributed by atoms with Gasteiger partial charge in [-0.05, 0) is 24.1 Å². The summed E-state index contributed by atoms with van der Waals surface area (Å²) >= 11 is 0. The highest BCUT2D eigenvalue weighted by Gasteiger charge is 2.53. The minimum absolute atomic E-state index is 0.307. The molecule has 1 unspecified atom stereocenters. The number of ether oxygens (including phenoxy) is 1. The topological polar surface area (TPSA) is 30.6 Å². The fraction of sp³-hybridized carbons (Fsp3) is 0.150. The van der Waals surface area contributed by atoms with Crippen molar-refractivity contribution in [1.29, 1.82) is 0 Å².